The Hall–Kier alpha value is -2.17. The van der Waals surface area contributed by atoms with E-state index in [0.29, 0.717) is 24.2 Å². The number of hydrogen-bond donors (Lipinski definition) is 0. The van der Waals surface area contributed by atoms with Crippen molar-refractivity contribution in [3.8, 4) is 0 Å². The number of ketones is 1. The van der Waals surface area contributed by atoms with Crippen LogP contribution in [0.1, 0.15) is 60.9 Å². The van der Waals surface area contributed by atoms with Gasteiger partial charge in [0, 0.05) is 30.5 Å². The summed E-state index contributed by atoms with van der Waals surface area (Å²) in [6, 6.07) is 7.34. The lowest BCUT2D eigenvalue weighted by molar-refractivity contribution is -0.154. The van der Waals surface area contributed by atoms with Crippen molar-refractivity contribution in [3.05, 3.63) is 35.4 Å². The highest BCUT2D eigenvalue weighted by molar-refractivity contribution is 5.94. The Morgan fingerprint density at radius 2 is 1.59 bits per heavy atom. The smallest absolute Gasteiger partial charge is 0.309 e. The second kappa shape index (κ2) is 7.83. The Bertz CT molecular complexity index is 704. The van der Waals surface area contributed by atoms with Crippen LogP contribution in [0.5, 0.6) is 0 Å². The monoisotopic (exact) mass is 369 g/mol. The van der Waals surface area contributed by atoms with Gasteiger partial charge in [-0.15, -0.1) is 0 Å². The van der Waals surface area contributed by atoms with E-state index < -0.39 is 0 Å². The second-order valence-corrected chi connectivity index (χ2v) is 8.20. The van der Waals surface area contributed by atoms with Crippen molar-refractivity contribution in [2.75, 3.05) is 13.1 Å². The average molecular weight is 369 g/mol. The zero-order chi connectivity index (χ0) is 18.8. The minimum Gasteiger partial charge on any atom is -0.461 e. The third-order valence-corrected chi connectivity index (χ3v) is 6.36. The van der Waals surface area contributed by atoms with Gasteiger partial charge in [0.2, 0.25) is 0 Å². The quantitative estimate of drug-likeness (QED) is 0.764. The number of amides is 1. The molecule has 2 bridgehead atoms. The molecule has 144 valence electrons. The van der Waals surface area contributed by atoms with Crippen LogP contribution >= 0.6 is 0 Å². The molecular formula is C22H27NO4. The van der Waals surface area contributed by atoms with Crippen LogP contribution in [0.3, 0.4) is 0 Å². The molecule has 3 fully saturated rings. The molecule has 1 unspecified atom stereocenters. The van der Waals surface area contributed by atoms with E-state index in [1.807, 2.05) is 29.2 Å². The summed E-state index contributed by atoms with van der Waals surface area (Å²) in [7, 11) is 0. The maximum atomic E-state index is 12.5. The van der Waals surface area contributed by atoms with Gasteiger partial charge in [-0.25, -0.2) is 0 Å². The van der Waals surface area contributed by atoms with Gasteiger partial charge in [-0.1, -0.05) is 18.6 Å². The van der Waals surface area contributed by atoms with Gasteiger partial charge in [-0.2, -0.15) is 0 Å². The second-order valence-electron chi connectivity index (χ2n) is 8.20. The van der Waals surface area contributed by atoms with Crippen LogP contribution in [-0.4, -0.2) is 35.6 Å². The third kappa shape index (κ3) is 3.92. The molecule has 3 atom stereocenters. The molecule has 1 aliphatic heterocycles. The number of carbonyl (C=O) groups excluding carboxylic acids is 3. The Morgan fingerprint density at radius 3 is 2.22 bits per heavy atom. The molecule has 1 amide bonds. The number of esters is 1. The fraction of sp³-hybridized carbons (Fsp3) is 0.591. The van der Waals surface area contributed by atoms with Crippen molar-refractivity contribution in [2.45, 2.75) is 51.6 Å². The van der Waals surface area contributed by atoms with E-state index in [1.165, 1.54) is 0 Å². The Labute approximate surface area is 160 Å². The zero-order valence-electron chi connectivity index (χ0n) is 15.7. The molecule has 2 saturated carbocycles. The van der Waals surface area contributed by atoms with Gasteiger partial charge in [0.15, 0.2) is 0 Å². The molecule has 0 radical (unpaired) electrons. The molecule has 4 rings (SSSR count). The Kier molecular flexibility index (Phi) is 5.28. The molecule has 0 N–H and O–H groups in total. The molecule has 5 heteroatoms. The molecule has 1 heterocycles. The number of likely N-dealkylation sites (tertiary alicyclic amines) is 1. The largest absolute Gasteiger partial charge is 0.461 e. The highest BCUT2D eigenvalue weighted by Crippen LogP contribution is 2.40. The molecular weight excluding hydrogens is 342 g/mol. The van der Waals surface area contributed by atoms with E-state index in [4.69, 9.17) is 4.74 Å². The van der Waals surface area contributed by atoms with Gasteiger partial charge in [0.05, 0.1) is 5.92 Å². The summed E-state index contributed by atoms with van der Waals surface area (Å²) in [4.78, 5) is 38.9. The van der Waals surface area contributed by atoms with Gasteiger partial charge in [0.25, 0.3) is 5.91 Å². The van der Waals surface area contributed by atoms with Crippen molar-refractivity contribution in [2.24, 2.45) is 17.8 Å². The Balaban J connectivity index is 1.30. The summed E-state index contributed by atoms with van der Waals surface area (Å²) < 4.78 is 5.52. The first kappa shape index (κ1) is 18.2. The minimum absolute atomic E-state index is 0.0610. The fourth-order valence-electron chi connectivity index (χ4n) is 4.79. The van der Waals surface area contributed by atoms with Gasteiger partial charge in [0.1, 0.15) is 12.4 Å². The number of carbonyl (C=O) groups is 3. The molecule has 1 saturated heterocycles. The van der Waals surface area contributed by atoms with Crippen LogP contribution < -0.4 is 0 Å². The first-order valence-corrected chi connectivity index (χ1v) is 10.2. The minimum atomic E-state index is -0.184. The lowest BCUT2D eigenvalue weighted by Crippen LogP contribution is -2.39. The number of rotatable bonds is 4. The van der Waals surface area contributed by atoms with Crippen molar-refractivity contribution >= 4 is 17.7 Å². The molecule has 3 aliphatic rings. The number of nitrogens with zero attached hydrogens (tertiary/aromatic N) is 1. The van der Waals surface area contributed by atoms with E-state index in [0.717, 1.165) is 50.8 Å². The molecule has 2 aliphatic carbocycles. The zero-order valence-corrected chi connectivity index (χ0v) is 15.7. The molecule has 0 aromatic heterocycles. The summed E-state index contributed by atoms with van der Waals surface area (Å²) in [6.07, 6.45) is 6.40. The molecule has 0 spiro atoms. The molecule has 1 aromatic carbocycles. The summed E-state index contributed by atoms with van der Waals surface area (Å²) >= 11 is 0. The summed E-state index contributed by atoms with van der Waals surface area (Å²) in [5, 5.41) is 0. The lowest BCUT2D eigenvalue weighted by atomic mass is 9.67. The number of hydrogen-bond acceptors (Lipinski definition) is 4. The SMILES string of the molecule is O=C(OCc1ccc(C(=O)N2CCCC2)cc1)C1C[C@H]2CCC[C@@H](C1)C2=O. The van der Waals surface area contributed by atoms with Crippen LogP contribution in [-0.2, 0) is 20.9 Å². The van der Waals surface area contributed by atoms with Crippen LogP contribution in [0.2, 0.25) is 0 Å². The van der Waals surface area contributed by atoms with E-state index in [2.05, 4.69) is 0 Å². The first-order chi connectivity index (χ1) is 13.1. The topological polar surface area (TPSA) is 63.7 Å². The van der Waals surface area contributed by atoms with Crippen molar-refractivity contribution in [3.63, 3.8) is 0 Å². The highest BCUT2D eigenvalue weighted by atomic mass is 16.5. The van der Waals surface area contributed by atoms with E-state index in [1.54, 1.807) is 0 Å². The lowest BCUT2D eigenvalue weighted by Gasteiger charge is -2.36. The Morgan fingerprint density at radius 1 is 0.963 bits per heavy atom. The van der Waals surface area contributed by atoms with Crippen molar-refractivity contribution in [1.82, 2.24) is 4.90 Å². The van der Waals surface area contributed by atoms with E-state index in [-0.39, 0.29) is 36.2 Å². The number of ether oxygens (including phenoxy) is 1. The standard InChI is InChI=1S/C22H27NO4/c24-20-17-4-3-5-18(20)13-19(12-17)22(26)27-14-15-6-8-16(9-7-15)21(25)23-10-1-2-11-23/h6-9,17-19H,1-5,10-14H2/t17-,18+,19?. The number of benzene rings is 1. The van der Waals surface area contributed by atoms with E-state index >= 15 is 0 Å². The van der Waals surface area contributed by atoms with Crippen LogP contribution in [0.15, 0.2) is 24.3 Å². The normalized spacial score (nSPS) is 27.5. The fourth-order valence-corrected chi connectivity index (χ4v) is 4.79. The van der Waals surface area contributed by atoms with Gasteiger partial charge in [-0.05, 0) is 56.2 Å². The molecule has 27 heavy (non-hydrogen) atoms. The maximum Gasteiger partial charge on any atom is 0.309 e. The van der Waals surface area contributed by atoms with Gasteiger partial charge < -0.3 is 9.64 Å². The third-order valence-electron chi connectivity index (χ3n) is 6.36. The summed E-state index contributed by atoms with van der Waals surface area (Å²) in [5.74, 6) is 0.237. The summed E-state index contributed by atoms with van der Waals surface area (Å²) in [6.45, 7) is 1.89. The summed E-state index contributed by atoms with van der Waals surface area (Å²) in [5.41, 5.74) is 1.57. The number of Topliss-reactive ketones (excluding diaryl/α,β-unsaturated/α-hetero) is 1. The van der Waals surface area contributed by atoms with Gasteiger partial charge in [-0.3, -0.25) is 14.4 Å². The van der Waals surface area contributed by atoms with E-state index in [9.17, 15) is 14.4 Å². The predicted molar refractivity (Wildman–Crippen MR) is 99.9 cm³/mol. The molecule has 1 aromatic rings. The van der Waals surface area contributed by atoms with Gasteiger partial charge >= 0.3 is 5.97 Å². The average Bonchev–Trinajstić information content (AvgIpc) is 3.20. The molecule has 5 nitrogen and oxygen atoms in total. The van der Waals surface area contributed by atoms with Crippen LogP contribution in [0, 0.1) is 17.8 Å². The first-order valence-electron chi connectivity index (χ1n) is 10.2. The van der Waals surface area contributed by atoms with Crippen LogP contribution in [0.25, 0.3) is 0 Å². The van der Waals surface area contributed by atoms with Crippen molar-refractivity contribution < 1.29 is 19.1 Å². The highest BCUT2D eigenvalue weighted by Gasteiger charge is 2.41. The number of fused-ring (bicyclic) bond motifs is 2. The van der Waals surface area contributed by atoms with Crippen molar-refractivity contribution in [1.29, 1.82) is 0 Å². The van der Waals surface area contributed by atoms with Crippen LogP contribution in [0.4, 0.5) is 0 Å². The maximum absolute atomic E-state index is 12.5. The predicted octanol–water partition coefficient (Wildman–Crippen LogP) is 3.36.